The number of aromatic nitrogens is 1. The van der Waals surface area contributed by atoms with Crippen molar-refractivity contribution in [2.24, 2.45) is 11.0 Å². The monoisotopic (exact) mass is 480 g/mol. The number of amides is 1. The summed E-state index contributed by atoms with van der Waals surface area (Å²) < 4.78 is 17.3. The fourth-order valence-electron chi connectivity index (χ4n) is 3.45. The van der Waals surface area contributed by atoms with Crippen LogP contribution in [0.25, 0.3) is 10.4 Å². The smallest absolute Gasteiger partial charge is 0.323 e. The molecule has 34 heavy (non-hydrogen) atoms. The number of ether oxygens (including phenoxy) is 3. The highest BCUT2D eigenvalue weighted by atomic mass is 16.5. The first kappa shape index (κ1) is 27.3. The van der Waals surface area contributed by atoms with Gasteiger partial charge >= 0.3 is 5.97 Å². The highest BCUT2D eigenvalue weighted by molar-refractivity contribution is 5.95. The van der Waals surface area contributed by atoms with E-state index in [1.807, 2.05) is 0 Å². The van der Waals surface area contributed by atoms with Crippen molar-refractivity contribution >= 4 is 17.6 Å². The van der Waals surface area contributed by atoms with E-state index in [2.05, 4.69) is 15.3 Å². The molecule has 1 fully saturated rings. The molecule has 1 saturated heterocycles. The summed E-state index contributed by atoms with van der Waals surface area (Å²) >= 11 is 0. The number of pyridine rings is 1. The molecule has 2 rings (SSSR count). The Hall–Kier alpha value is -2.96. The van der Waals surface area contributed by atoms with Gasteiger partial charge in [-0.25, -0.2) is 0 Å². The van der Waals surface area contributed by atoms with Crippen LogP contribution < -0.4 is 15.8 Å². The Morgan fingerprint density at radius 2 is 1.88 bits per heavy atom. The molecule has 0 radical (unpaired) electrons. The van der Waals surface area contributed by atoms with E-state index in [9.17, 15) is 14.4 Å². The molecule has 2 heterocycles. The molecule has 0 aliphatic carbocycles. The molecule has 1 aromatic rings. The summed E-state index contributed by atoms with van der Waals surface area (Å²) in [6.07, 6.45) is 3.05. The molecule has 2 N–H and O–H groups in total. The Morgan fingerprint density at radius 3 is 2.53 bits per heavy atom. The van der Waals surface area contributed by atoms with Gasteiger partial charge in [-0.1, -0.05) is 5.11 Å². The first-order valence-corrected chi connectivity index (χ1v) is 11.2. The van der Waals surface area contributed by atoms with Crippen LogP contribution in [0.5, 0.6) is 0 Å². The number of aliphatic carboxylic acids is 1. The summed E-state index contributed by atoms with van der Waals surface area (Å²) in [7, 11) is 0. The fraction of sp³-hybridized carbons (Fsp3) is 0.667. The number of azide groups is 1. The number of anilines is 1. The lowest BCUT2D eigenvalue weighted by atomic mass is 9.98. The summed E-state index contributed by atoms with van der Waals surface area (Å²) in [4.78, 5) is 40.5. The standard InChI is InChI=1S/C21H32N6O7/c22-25-24-6-8-32-10-12-34-13-11-33-9-7-27(21(31)17-2-1-5-23-14-17)18-3-4-19(28)26(15-18)16-20(29)30/h3-4,15,17,23H,1-2,5-14,16H2,(H,29,30). The van der Waals surface area contributed by atoms with Gasteiger partial charge in [0.2, 0.25) is 5.91 Å². The Balaban J connectivity index is 1.85. The van der Waals surface area contributed by atoms with Gasteiger partial charge in [-0.2, -0.15) is 0 Å². The molecular formula is C21H32N6O7. The minimum Gasteiger partial charge on any atom is -0.480 e. The zero-order valence-electron chi connectivity index (χ0n) is 19.1. The summed E-state index contributed by atoms with van der Waals surface area (Å²) in [6.45, 7) is 3.51. The number of carboxylic acid groups (broad SMARTS) is 1. The van der Waals surface area contributed by atoms with Crippen LogP contribution in [0.1, 0.15) is 12.8 Å². The van der Waals surface area contributed by atoms with Crippen LogP contribution in [0.15, 0.2) is 28.2 Å². The number of nitrogens with one attached hydrogen (secondary N) is 1. The van der Waals surface area contributed by atoms with Crippen molar-refractivity contribution in [1.82, 2.24) is 9.88 Å². The van der Waals surface area contributed by atoms with Crippen molar-refractivity contribution in [2.75, 3.05) is 70.7 Å². The zero-order chi connectivity index (χ0) is 24.6. The van der Waals surface area contributed by atoms with Crippen LogP contribution in [0.3, 0.4) is 0 Å². The molecule has 0 saturated carbocycles. The summed E-state index contributed by atoms with van der Waals surface area (Å²) in [5.41, 5.74) is 8.17. The van der Waals surface area contributed by atoms with E-state index in [0.717, 1.165) is 24.0 Å². The first-order valence-electron chi connectivity index (χ1n) is 11.2. The number of carbonyl (C=O) groups excluding carboxylic acids is 1. The van der Waals surface area contributed by atoms with E-state index in [-0.39, 0.29) is 31.5 Å². The molecule has 188 valence electrons. The molecule has 0 spiro atoms. The molecular weight excluding hydrogens is 448 g/mol. The lowest BCUT2D eigenvalue weighted by molar-refractivity contribution is -0.137. The molecule has 0 aromatic carbocycles. The average Bonchev–Trinajstić information content (AvgIpc) is 2.83. The normalized spacial score (nSPS) is 15.5. The molecule has 1 aliphatic heterocycles. The highest BCUT2D eigenvalue weighted by Gasteiger charge is 2.27. The maximum Gasteiger partial charge on any atom is 0.323 e. The first-order chi connectivity index (χ1) is 16.5. The van der Waals surface area contributed by atoms with Gasteiger partial charge in [0.05, 0.1) is 51.2 Å². The van der Waals surface area contributed by atoms with Gasteiger partial charge in [0.15, 0.2) is 0 Å². The van der Waals surface area contributed by atoms with Crippen molar-refractivity contribution < 1.29 is 28.9 Å². The SMILES string of the molecule is [N-]=[N+]=NCCOCCOCCOCCN(C(=O)C1CCCNC1)c1ccc(=O)n(CC(=O)O)c1. The highest BCUT2D eigenvalue weighted by Crippen LogP contribution is 2.19. The van der Waals surface area contributed by atoms with Gasteiger partial charge in [0, 0.05) is 36.8 Å². The lowest BCUT2D eigenvalue weighted by Gasteiger charge is -2.30. The number of nitrogens with zero attached hydrogens (tertiary/aromatic N) is 5. The van der Waals surface area contributed by atoms with E-state index in [1.54, 1.807) is 4.90 Å². The van der Waals surface area contributed by atoms with E-state index in [1.165, 1.54) is 18.3 Å². The third kappa shape index (κ3) is 9.89. The topological polar surface area (TPSA) is 168 Å². The van der Waals surface area contributed by atoms with Crippen molar-refractivity contribution in [2.45, 2.75) is 19.4 Å². The Kier molecular flexibility index (Phi) is 12.7. The van der Waals surface area contributed by atoms with Crippen LogP contribution in [-0.2, 0) is 30.3 Å². The van der Waals surface area contributed by atoms with Crippen molar-refractivity contribution in [3.8, 4) is 0 Å². The minimum absolute atomic E-state index is 0.0922. The quantitative estimate of drug-likeness (QED) is 0.150. The molecule has 1 unspecified atom stereocenters. The number of hydrogen-bond acceptors (Lipinski definition) is 8. The number of rotatable bonds is 16. The Bertz CT molecular complexity index is 881. The van der Waals surface area contributed by atoms with Gasteiger partial charge < -0.3 is 34.1 Å². The maximum atomic E-state index is 13.2. The second-order valence-corrected chi connectivity index (χ2v) is 7.57. The lowest BCUT2D eigenvalue weighted by Crippen LogP contribution is -2.44. The van der Waals surface area contributed by atoms with E-state index in [4.69, 9.17) is 24.8 Å². The molecule has 1 amide bonds. The number of carboxylic acids is 1. The number of hydrogen-bond donors (Lipinski definition) is 2. The second-order valence-electron chi connectivity index (χ2n) is 7.57. The van der Waals surface area contributed by atoms with Gasteiger partial charge in [0.1, 0.15) is 6.54 Å². The second kappa shape index (κ2) is 15.8. The third-order valence-corrected chi connectivity index (χ3v) is 5.10. The molecule has 13 nitrogen and oxygen atoms in total. The Labute approximate surface area is 197 Å². The van der Waals surface area contributed by atoms with Gasteiger partial charge in [-0.05, 0) is 31.0 Å². The van der Waals surface area contributed by atoms with Crippen molar-refractivity contribution in [1.29, 1.82) is 0 Å². The summed E-state index contributed by atoms with van der Waals surface area (Å²) in [6, 6.07) is 2.79. The molecule has 1 atom stereocenters. The fourth-order valence-corrected chi connectivity index (χ4v) is 3.45. The van der Waals surface area contributed by atoms with E-state index >= 15 is 0 Å². The van der Waals surface area contributed by atoms with Crippen molar-refractivity contribution in [3.05, 3.63) is 39.1 Å². The number of piperidine rings is 1. The molecule has 13 heteroatoms. The van der Waals surface area contributed by atoms with Gasteiger partial charge in [-0.15, -0.1) is 0 Å². The van der Waals surface area contributed by atoms with Gasteiger partial charge in [0.25, 0.3) is 5.56 Å². The summed E-state index contributed by atoms with van der Waals surface area (Å²) in [5, 5.41) is 15.6. The zero-order valence-corrected chi connectivity index (χ0v) is 19.1. The largest absolute Gasteiger partial charge is 0.480 e. The Morgan fingerprint density at radius 1 is 1.18 bits per heavy atom. The molecule has 1 aliphatic rings. The minimum atomic E-state index is -1.14. The average molecular weight is 481 g/mol. The predicted octanol–water partition coefficient (Wildman–Crippen LogP) is 0.626. The van der Waals surface area contributed by atoms with Crippen LogP contribution in [-0.4, -0.2) is 87.4 Å². The molecule has 1 aromatic heterocycles. The van der Waals surface area contributed by atoms with Crippen LogP contribution in [0.4, 0.5) is 5.69 Å². The number of carbonyl (C=O) groups is 2. The van der Waals surface area contributed by atoms with Crippen LogP contribution in [0.2, 0.25) is 0 Å². The maximum absolute atomic E-state index is 13.2. The summed E-state index contributed by atoms with van der Waals surface area (Å²) in [5.74, 6) is -1.43. The predicted molar refractivity (Wildman–Crippen MR) is 123 cm³/mol. The van der Waals surface area contributed by atoms with Crippen LogP contribution >= 0.6 is 0 Å². The van der Waals surface area contributed by atoms with Gasteiger partial charge in [-0.3, -0.25) is 14.4 Å². The third-order valence-electron chi connectivity index (χ3n) is 5.10. The molecule has 0 bridgehead atoms. The van der Waals surface area contributed by atoms with Crippen LogP contribution in [0, 0.1) is 5.92 Å². The van der Waals surface area contributed by atoms with E-state index in [0.29, 0.717) is 45.3 Å². The van der Waals surface area contributed by atoms with Crippen molar-refractivity contribution in [3.63, 3.8) is 0 Å². The van der Waals surface area contributed by atoms with E-state index < -0.39 is 18.1 Å².